The van der Waals surface area contributed by atoms with Gasteiger partial charge in [0.2, 0.25) is 0 Å². The van der Waals surface area contributed by atoms with Crippen molar-refractivity contribution < 1.29 is 19.8 Å². The van der Waals surface area contributed by atoms with Crippen LogP contribution in [0.15, 0.2) is 12.1 Å². The third-order valence-electron chi connectivity index (χ3n) is 3.23. The zero-order chi connectivity index (χ0) is 14.7. The van der Waals surface area contributed by atoms with Gasteiger partial charge < -0.3 is 24.7 Å². The Hall–Kier alpha value is -2.04. The van der Waals surface area contributed by atoms with Gasteiger partial charge in [-0.25, -0.2) is 0 Å². The minimum atomic E-state index is -1.33. The Labute approximate surface area is 112 Å². The monoisotopic (exact) mass is 263 g/mol. The van der Waals surface area contributed by atoms with Crippen molar-refractivity contribution >= 4 is 17.6 Å². The van der Waals surface area contributed by atoms with E-state index in [1.54, 1.807) is 6.07 Å². The summed E-state index contributed by atoms with van der Waals surface area (Å²) in [6.07, 6.45) is 0. The maximum atomic E-state index is 11.0. The Morgan fingerprint density at radius 2 is 1.63 bits per heavy atom. The highest BCUT2D eigenvalue weighted by Gasteiger charge is 2.18. The molecule has 0 aliphatic heterocycles. The number of nitrogens with zero attached hydrogens (tertiary/aromatic N) is 1. The highest BCUT2D eigenvalue weighted by Crippen LogP contribution is 2.25. The van der Waals surface area contributed by atoms with Crippen molar-refractivity contribution in [2.75, 3.05) is 11.4 Å². The fraction of sp³-hybridized carbons (Fsp3) is 0.429. The lowest BCUT2D eigenvalue weighted by Gasteiger charge is -2.34. The molecular formula is C14H17NO4-2. The van der Waals surface area contributed by atoms with E-state index < -0.39 is 24.5 Å². The second-order valence-corrected chi connectivity index (χ2v) is 4.72. The van der Waals surface area contributed by atoms with Crippen LogP contribution >= 0.6 is 0 Å². The first kappa shape index (κ1) is 15.0. The molecule has 5 nitrogen and oxygen atoms in total. The maximum Gasteiger partial charge on any atom is 0.0663 e. The smallest absolute Gasteiger partial charge is 0.0663 e. The van der Waals surface area contributed by atoms with Crippen LogP contribution in [0.2, 0.25) is 0 Å². The van der Waals surface area contributed by atoms with Gasteiger partial charge in [-0.05, 0) is 50.5 Å². The summed E-state index contributed by atoms with van der Waals surface area (Å²) in [5.74, 6) is -2.65. The lowest BCUT2D eigenvalue weighted by atomic mass is 10.0. The summed E-state index contributed by atoms with van der Waals surface area (Å²) in [6, 6.07) is 2.64. The predicted octanol–water partition coefficient (Wildman–Crippen LogP) is -0.693. The van der Waals surface area contributed by atoms with Gasteiger partial charge in [0.15, 0.2) is 0 Å². The number of aliphatic carboxylic acids is 2. The molecule has 0 bridgehead atoms. The number of aryl methyl sites for hydroxylation is 3. The van der Waals surface area contributed by atoms with E-state index in [2.05, 4.69) is 0 Å². The fourth-order valence-electron chi connectivity index (χ4n) is 1.95. The Balaban J connectivity index is 3.28. The summed E-state index contributed by atoms with van der Waals surface area (Å²) in [4.78, 5) is 23.1. The molecule has 0 saturated carbocycles. The zero-order valence-corrected chi connectivity index (χ0v) is 11.5. The van der Waals surface area contributed by atoms with Crippen LogP contribution in [0, 0.1) is 20.8 Å². The van der Waals surface area contributed by atoms with Gasteiger partial charge >= 0.3 is 0 Å². The van der Waals surface area contributed by atoms with Gasteiger partial charge in [0.1, 0.15) is 0 Å². The Morgan fingerprint density at radius 1 is 1.11 bits per heavy atom. The second kappa shape index (κ2) is 5.73. The zero-order valence-electron chi connectivity index (χ0n) is 11.5. The molecule has 0 aromatic heterocycles. The van der Waals surface area contributed by atoms with Crippen molar-refractivity contribution in [3.05, 3.63) is 28.8 Å². The summed E-state index contributed by atoms with van der Waals surface area (Å²) in [6.45, 7) is 6.55. The van der Waals surface area contributed by atoms with Gasteiger partial charge in [-0.1, -0.05) is 6.07 Å². The number of rotatable bonds is 5. The van der Waals surface area contributed by atoms with Gasteiger partial charge in [-0.15, -0.1) is 0 Å². The second-order valence-electron chi connectivity index (χ2n) is 4.72. The quantitative estimate of drug-likeness (QED) is 0.702. The number of hydrogen-bond acceptors (Lipinski definition) is 5. The van der Waals surface area contributed by atoms with Crippen molar-refractivity contribution in [3.8, 4) is 0 Å². The average Bonchev–Trinajstić information content (AvgIpc) is 2.30. The highest BCUT2D eigenvalue weighted by molar-refractivity contribution is 5.81. The summed E-state index contributed by atoms with van der Waals surface area (Å²) >= 11 is 0. The van der Waals surface area contributed by atoms with Crippen LogP contribution in [-0.4, -0.2) is 24.5 Å². The first-order valence-electron chi connectivity index (χ1n) is 5.99. The topological polar surface area (TPSA) is 83.5 Å². The van der Waals surface area contributed by atoms with Crippen LogP contribution in [0.3, 0.4) is 0 Å². The third kappa shape index (κ3) is 3.47. The molecular weight excluding hydrogens is 246 g/mol. The normalized spacial score (nSPS) is 12.0. The molecule has 1 atom stereocenters. The molecule has 0 heterocycles. The first-order valence-corrected chi connectivity index (χ1v) is 5.99. The van der Waals surface area contributed by atoms with E-state index in [1.165, 1.54) is 11.8 Å². The van der Waals surface area contributed by atoms with E-state index in [9.17, 15) is 19.8 Å². The molecule has 0 radical (unpaired) electrons. The summed E-state index contributed by atoms with van der Waals surface area (Å²) < 4.78 is 0. The van der Waals surface area contributed by atoms with Crippen molar-refractivity contribution in [3.63, 3.8) is 0 Å². The number of anilines is 1. The Kier molecular flexibility index (Phi) is 4.53. The largest absolute Gasteiger partial charge is 0.548 e. The number of carbonyl (C=O) groups excluding carboxylic acids is 2. The number of carbonyl (C=O) groups is 2. The lowest BCUT2D eigenvalue weighted by molar-refractivity contribution is -0.307. The molecule has 104 valence electrons. The molecule has 1 aromatic rings. The molecule has 0 aliphatic carbocycles. The first-order chi connectivity index (χ1) is 8.73. The van der Waals surface area contributed by atoms with Gasteiger partial charge in [0.05, 0.1) is 24.5 Å². The Bertz CT molecular complexity index is 510. The minimum Gasteiger partial charge on any atom is -0.548 e. The van der Waals surface area contributed by atoms with Gasteiger partial charge in [-0.3, -0.25) is 0 Å². The third-order valence-corrected chi connectivity index (χ3v) is 3.23. The van der Waals surface area contributed by atoms with Gasteiger partial charge in [-0.2, -0.15) is 0 Å². The molecule has 0 saturated heterocycles. The molecule has 0 aliphatic rings. The van der Waals surface area contributed by atoms with Crippen molar-refractivity contribution in [1.82, 2.24) is 0 Å². The van der Waals surface area contributed by atoms with Crippen LogP contribution < -0.4 is 15.1 Å². The van der Waals surface area contributed by atoms with E-state index in [0.717, 1.165) is 16.7 Å². The van der Waals surface area contributed by atoms with Gasteiger partial charge in [0, 0.05) is 5.69 Å². The molecule has 0 amide bonds. The number of hydrogen-bond donors (Lipinski definition) is 0. The molecule has 0 N–H and O–H groups in total. The summed E-state index contributed by atoms with van der Waals surface area (Å²) in [5.41, 5.74) is 3.42. The van der Waals surface area contributed by atoms with Gasteiger partial charge in [0.25, 0.3) is 0 Å². The predicted molar refractivity (Wildman–Crippen MR) is 67.5 cm³/mol. The van der Waals surface area contributed by atoms with Crippen LogP contribution in [0.4, 0.5) is 5.69 Å². The van der Waals surface area contributed by atoms with Crippen LogP contribution in [-0.2, 0) is 9.59 Å². The summed E-state index contributed by atoms with van der Waals surface area (Å²) in [7, 11) is 0. The number of carboxylic acid groups (broad SMARTS) is 2. The van der Waals surface area contributed by atoms with E-state index in [-0.39, 0.29) is 0 Å². The Morgan fingerprint density at radius 3 is 2.11 bits per heavy atom. The van der Waals surface area contributed by atoms with Crippen molar-refractivity contribution in [2.45, 2.75) is 33.7 Å². The standard InChI is InChI=1S/C14H19NO4/c1-8-5-10(3)12(6-9(8)2)15(7-13(16)17)11(4)14(18)19/h5-6,11H,7H2,1-4H3,(H,16,17)(H,18,19)/p-2. The van der Waals surface area contributed by atoms with Crippen LogP contribution in [0.5, 0.6) is 0 Å². The lowest BCUT2D eigenvalue weighted by Crippen LogP contribution is -2.50. The molecule has 19 heavy (non-hydrogen) atoms. The van der Waals surface area contributed by atoms with E-state index in [0.29, 0.717) is 5.69 Å². The molecule has 1 rings (SSSR count). The fourth-order valence-corrected chi connectivity index (χ4v) is 1.95. The summed E-state index contributed by atoms with van der Waals surface area (Å²) in [5, 5.41) is 21.8. The maximum absolute atomic E-state index is 11.0. The van der Waals surface area contributed by atoms with E-state index in [4.69, 9.17) is 0 Å². The number of carboxylic acids is 2. The average molecular weight is 263 g/mol. The molecule has 1 aromatic carbocycles. The molecule has 0 spiro atoms. The molecule has 5 heteroatoms. The number of benzene rings is 1. The van der Waals surface area contributed by atoms with Crippen LogP contribution in [0.1, 0.15) is 23.6 Å². The van der Waals surface area contributed by atoms with E-state index in [1.807, 2.05) is 26.8 Å². The SMILES string of the molecule is Cc1cc(C)c(N(CC(=O)[O-])C(C)C(=O)[O-])cc1C. The van der Waals surface area contributed by atoms with E-state index >= 15 is 0 Å². The van der Waals surface area contributed by atoms with Crippen molar-refractivity contribution in [2.24, 2.45) is 0 Å². The van der Waals surface area contributed by atoms with Crippen molar-refractivity contribution in [1.29, 1.82) is 0 Å². The molecule has 0 fully saturated rings. The highest BCUT2D eigenvalue weighted by atomic mass is 16.4. The molecule has 1 unspecified atom stereocenters. The minimum absolute atomic E-state index is 0.488. The van der Waals surface area contributed by atoms with Crippen LogP contribution in [0.25, 0.3) is 0 Å².